The molecule has 10 heteroatoms. The zero-order valence-electron chi connectivity index (χ0n) is 19.5. The molecular weight excluding hydrogens is 455 g/mol. The number of fused-ring (bicyclic) bond motifs is 7. The fraction of sp³-hybridized carbons (Fsp3) is 0.400. The maximum Gasteiger partial charge on any atom is 0.343 e. The van der Waals surface area contributed by atoms with Gasteiger partial charge in [0, 0.05) is 35.7 Å². The third-order valence-electron chi connectivity index (χ3n) is 7.46. The summed E-state index contributed by atoms with van der Waals surface area (Å²) in [4.78, 5) is 32.6. The molecule has 0 saturated carbocycles. The number of aryl methyl sites for hydroxylation is 1. The third-order valence-corrected chi connectivity index (χ3v) is 7.46. The molecule has 2 aromatic heterocycles. The van der Waals surface area contributed by atoms with Gasteiger partial charge in [0.25, 0.3) is 5.56 Å². The largest absolute Gasteiger partial charge is 0.486 e. The van der Waals surface area contributed by atoms with E-state index >= 15 is 4.39 Å². The van der Waals surface area contributed by atoms with Crippen LogP contribution in [-0.4, -0.2) is 46.9 Å². The van der Waals surface area contributed by atoms with Crippen LogP contribution in [0, 0.1) is 12.7 Å². The van der Waals surface area contributed by atoms with E-state index in [1.165, 1.54) is 6.07 Å². The van der Waals surface area contributed by atoms with Crippen LogP contribution < -0.4 is 20.9 Å². The van der Waals surface area contributed by atoms with Gasteiger partial charge in [-0.15, -0.1) is 0 Å². The number of halogens is 1. The fourth-order valence-corrected chi connectivity index (χ4v) is 5.58. The van der Waals surface area contributed by atoms with Crippen LogP contribution in [0.2, 0.25) is 0 Å². The van der Waals surface area contributed by atoms with Crippen molar-refractivity contribution in [2.45, 2.75) is 39.0 Å². The van der Waals surface area contributed by atoms with Gasteiger partial charge in [-0.3, -0.25) is 4.79 Å². The second kappa shape index (κ2) is 7.50. The maximum absolute atomic E-state index is 15.1. The number of ether oxygens (including phenoxy) is 2. The Morgan fingerprint density at radius 2 is 2.06 bits per heavy atom. The molecule has 0 spiro atoms. The highest BCUT2D eigenvalue weighted by Crippen LogP contribution is 2.46. The summed E-state index contributed by atoms with van der Waals surface area (Å²) in [5, 5.41) is 11.8. The number of hydrogen-bond acceptors (Lipinski definition) is 8. The first-order valence-electron chi connectivity index (χ1n) is 11.7. The quantitative estimate of drug-likeness (QED) is 0.425. The van der Waals surface area contributed by atoms with Crippen LogP contribution in [0.4, 0.5) is 10.1 Å². The Kier molecular flexibility index (Phi) is 4.71. The molecule has 3 aromatic rings. The number of anilines is 1. The van der Waals surface area contributed by atoms with E-state index in [9.17, 15) is 14.7 Å². The molecule has 9 nitrogen and oxygen atoms in total. The number of nitrogens with two attached hydrogens (primary N) is 1. The predicted molar refractivity (Wildman–Crippen MR) is 126 cm³/mol. The Morgan fingerprint density at radius 1 is 1.26 bits per heavy atom. The van der Waals surface area contributed by atoms with E-state index in [-0.39, 0.29) is 42.0 Å². The number of rotatable bonds is 3. The van der Waals surface area contributed by atoms with E-state index in [1.807, 2.05) is 11.8 Å². The lowest BCUT2D eigenvalue weighted by atomic mass is 9.86. The topological polar surface area (TPSA) is 120 Å². The Balaban J connectivity index is 1.63. The van der Waals surface area contributed by atoms with E-state index in [1.54, 1.807) is 17.6 Å². The number of pyridine rings is 2. The highest BCUT2D eigenvalue weighted by molar-refractivity contribution is 6.00. The highest BCUT2D eigenvalue weighted by atomic mass is 19.1. The Labute approximate surface area is 199 Å². The van der Waals surface area contributed by atoms with E-state index in [0.29, 0.717) is 48.8 Å². The summed E-state index contributed by atoms with van der Waals surface area (Å²) in [6.45, 7) is 5.56. The normalized spacial score (nSPS) is 20.1. The minimum absolute atomic E-state index is 0.0626. The minimum Gasteiger partial charge on any atom is -0.486 e. The van der Waals surface area contributed by atoms with E-state index < -0.39 is 17.4 Å². The van der Waals surface area contributed by atoms with Crippen molar-refractivity contribution >= 4 is 22.6 Å². The molecule has 0 saturated heterocycles. The minimum atomic E-state index is -1.90. The molecule has 0 amide bonds. The molecule has 3 aliphatic rings. The first kappa shape index (κ1) is 22.0. The van der Waals surface area contributed by atoms with Crippen LogP contribution in [0.15, 0.2) is 16.9 Å². The van der Waals surface area contributed by atoms with Crippen molar-refractivity contribution in [1.82, 2.24) is 9.55 Å². The van der Waals surface area contributed by atoms with Crippen molar-refractivity contribution in [3.63, 3.8) is 0 Å². The van der Waals surface area contributed by atoms with Gasteiger partial charge in [-0.2, -0.15) is 0 Å². The van der Waals surface area contributed by atoms with Crippen molar-refractivity contribution < 1.29 is 23.8 Å². The van der Waals surface area contributed by atoms with Crippen LogP contribution in [0.5, 0.6) is 5.75 Å². The van der Waals surface area contributed by atoms with Gasteiger partial charge < -0.3 is 29.8 Å². The number of aromatic nitrogens is 2. The standard InChI is InChI=1S/C25H25FN4O5/c1-3-25(33)15-8-18-20-13(10-30(18)23(31)14(15)11-35-24(25)32)12(2)19-17(28-20)9-16(26)22-21(19)29(5-4-27)6-7-34-22/h8-9,33H,3-7,10-11,27H2,1-2H3/t25-/m0/s1. The number of carbonyl (C=O) groups is 1. The van der Waals surface area contributed by atoms with E-state index in [4.69, 9.17) is 20.2 Å². The molecule has 6 rings (SSSR count). The van der Waals surface area contributed by atoms with Gasteiger partial charge in [0.05, 0.1) is 41.2 Å². The number of carbonyl (C=O) groups excluding carboxylic acids is 1. The zero-order valence-corrected chi connectivity index (χ0v) is 19.5. The molecule has 0 unspecified atom stereocenters. The summed E-state index contributed by atoms with van der Waals surface area (Å²) in [5.74, 6) is -1.09. The number of aliphatic hydroxyl groups is 1. The van der Waals surface area contributed by atoms with Crippen LogP contribution in [0.3, 0.4) is 0 Å². The molecule has 35 heavy (non-hydrogen) atoms. The first-order chi connectivity index (χ1) is 16.8. The van der Waals surface area contributed by atoms with Gasteiger partial charge in [-0.1, -0.05) is 6.92 Å². The first-order valence-corrected chi connectivity index (χ1v) is 11.7. The van der Waals surface area contributed by atoms with Gasteiger partial charge in [0.2, 0.25) is 0 Å². The van der Waals surface area contributed by atoms with Crippen molar-refractivity contribution in [2.24, 2.45) is 5.73 Å². The van der Waals surface area contributed by atoms with Crippen LogP contribution >= 0.6 is 0 Å². The second-order valence-corrected chi connectivity index (χ2v) is 9.22. The van der Waals surface area contributed by atoms with Crippen molar-refractivity contribution in [2.75, 3.05) is 31.1 Å². The molecule has 182 valence electrons. The van der Waals surface area contributed by atoms with Crippen molar-refractivity contribution in [1.29, 1.82) is 0 Å². The SMILES string of the molecule is CC[C@@]1(O)C(=O)OCc2c1cc1n(c2=O)Cc2c-1nc1cc(F)c3c(c1c2C)N(CCN)CCO3. The Morgan fingerprint density at radius 3 is 2.80 bits per heavy atom. The number of nitrogens with zero attached hydrogens (tertiary/aromatic N) is 3. The van der Waals surface area contributed by atoms with Gasteiger partial charge in [-0.05, 0) is 25.0 Å². The van der Waals surface area contributed by atoms with Gasteiger partial charge in [0.15, 0.2) is 17.2 Å². The zero-order chi connectivity index (χ0) is 24.6. The van der Waals surface area contributed by atoms with E-state index in [0.717, 1.165) is 16.5 Å². The average Bonchev–Trinajstić information content (AvgIpc) is 3.22. The van der Waals surface area contributed by atoms with Crippen LogP contribution in [-0.2, 0) is 28.3 Å². The molecule has 0 fully saturated rings. The summed E-state index contributed by atoms with van der Waals surface area (Å²) >= 11 is 0. The van der Waals surface area contributed by atoms with Crippen LogP contribution in [0.1, 0.15) is 35.6 Å². The molecule has 3 N–H and O–H groups in total. The summed E-state index contributed by atoms with van der Waals surface area (Å²) < 4.78 is 27.5. The third kappa shape index (κ3) is 2.83. The molecule has 0 radical (unpaired) electrons. The summed E-state index contributed by atoms with van der Waals surface area (Å²) in [5.41, 5.74) is 7.89. The molecular formula is C25H25FN4O5. The van der Waals surface area contributed by atoms with Gasteiger partial charge >= 0.3 is 5.97 Å². The lowest BCUT2D eigenvalue weighted by Gasteiger charge is -2.33. The fourth-order valence-electron chi connectivity index (χ4n) is 5.58. The molecule has 5 heterocycles. The van der Waals surface area contributed by atoms with Crippen molar-refractivity contribution in [3.05, 3.63) is 50.6 Å². The molecule has 1 aromatic carbocycles. The molecule has 0 aliphatic carbocycles. The van der Waals surface area contributed by atoms with Gasteiger partial charge in [0.1, 0.15) is 13.2 Å². The average molecular weight is 480 g/mol. The highest BCUT2D eigenvalue weighted by Gasteiger charge is 2.45. The molecule has 3 aliphatic heterocycles. The number of cyclic esters (lactones) is 1. The molecule has 0 bridgehead atoms. The Hall–Kier alpha value is -3.50. The summed E-state index contributed by atoms with van der Waals surface area (Å²) in [6, 6.07) is 3.01. The van der Waals surface area contributed by atoms with Crippen LogP contribution in [0.25, 0.3) is 22.3 Å². The predicted octanol–water partition coefficient (Wildman–Crippen LogP) is 1.68. The number of esters is 1. The van der Waals surface area contributed by atoms with Gasteiger partial charge in [-0.25, -0.2) is 14.2 Å². The lowest BCUT2D eigenvalue weighted by molar-refractivity contribution is -0.172. The monoisotopic (exact) mass is 480 g/mol. The smallest absolute Gasteiger partial charge is 0.343 e. The number of hydrogen-bond donors (Lipinski definition) is 2. The lowest BCUT2D eigenvalue weighted by Crippen LogP contribution is -2.44. The second-order valence-electron chi connectivity index (χ2n) is 9.22. The summed E-state index contributed by atoms with van der Waals surface area (Å²) in [6.07, 6.45) is 0.0626. The number of benzene rings is 1. The van der Waals surface area contributed by atoms with E-state index in [2.05, 4.69) is 0 Å². The summed E-state index contributed by atoms with van der Waals surface area (Å²) in [7, 11) is 0. The molecule has 1 atom stereocenters. The van der Waals surface area contributed by atoms with Crippen molar-refractivity contribution in [3.8, 4) is 17.1 Å². The Bertz CT molecular complexity index is 1500. The maximum atomic E-state index is 15.1.